The number of amides is 2. The highest BCUT2D eigenvalue weighted by molar-refractivity contribution is 5.84. The van der Waals surface area contributed by atoms with Gasteiger partial charge in [0.25, 0.3) is 0 Å². The van der Waals surface area contributed by atoms with Crippen molar-refractivity contribution < 1.29 is 24.9 Å². The minimum absolute atomic E-state index is 0.0405. The lowest BCUT2D eigenvalue weighted by Gasteiger charge is -2.31. The molecule has 2 saturated heterocycles. The van der Waals surface area contributed by atoms with E-state index in [1.54, 1.807) is 0 Å². The van der Waals surface area contributed by atoms with Gasteiger partial charge in [-0.15, -0.1) is 0 Å². The third kappa shape index (κ3) is 2.52. The summed E-state index contributed by atoms with van der Waals surface area (Å²) in [7, 11) is 0. The molecule has 7 nitrogen and oxygen atoms in total. The summed E-state index contributed by atoms with van der Waals surface area (Å²) in [5.41, 5.74) is 0. The molecule has 0 saturated carbocycles. The number of aliphatic carboxylic acids is 1. The molecule has 2 heterocycles. The first-order valence-electron chi connectivity index (χ1n) is 6.54. The Hall–Kier alpha value is -1.34. The highest BCUT2D eigenvalue weighted by Gasteiger charge is 2.44. The Morgan fingerprint density at radius 3 is 2.58 bits per heavy atom. The van der Waals surface area contributed by atoms with Crippen molar-refractivity contribution in [1.82, 2.24) is 9.80 Å². The number of carbonyl (C=O) groups excluding carboxylic acids is 1. The first-order chi connectivity index (χ1) is 8.95. The molecule has 0 bridgehead atoms. The molecular formula is C12H20N2O5. The molecule has 108 valence electrons. The van der Waals surface area contributed by atoms with Crippen LogP contribution in [0.3, 0.4) is 0 Å². The Balaban J connectivity index is 2.12. The van der Waals surface area contributed by atoms with Crippen LogP contribution in [0.4, 0.5) is 4.79 Å². The minimum atomic E-state index is -1.10. The zero-order valence-electron chi connectivity index (χ0n) is 10.9. The van der Waals surface area contributed by atoms with Gasteiger partial charge in [0, 0.05) is 19.5 Å². The van der Waals surface area contributed by atoms with E-state index in [9.17, 15) is 19.8 Å². The van der Waals surface area contributed by atoms with Crippen molar-refractivity contribution in [1.29, 1.82) is 0 Å². The molecule has 0 aromatic carbocycles. The fourth-order valence-corrected chi connectivity index (χ4v) is 2.95. The van der Waals surface area contributed by atoms with Crippen molar-refractivity contribution in [2.45, 2.75) is 38.0 Å². The van der Waals surface area contributed by atoms with E-state index in [1.165, 1.54) is 9.80 Å². The molecule has 19 heavy (non-hydrogen) atoms. The van der Waals surface area contributed by atoms with Gasteiger partial charge in [-0.25, -0.2) is 9.59 Å². The molecule has 0 radical (unpaired) electrons. The van der Waals surface area contributed by atoms with Crippen LogP contribution in [0.1, 0.15) is 19.8 Å². The fourth-order valence-electron chi connectivity index (χ4n) is 2.95. The van der Waals surface area contributed by atoms with Crippen molar-refractivity contribution in [3.63, 3.8) is 0 Å². The molecule has 2 fully saturated rings. The standard InChI is InChI=1S/C12H20N2O5/c1-7-2-3-13(10(7)6-15)12(19)14-5-8(16)4-9(14)11(17)18/h7-10,15-16H,2-6H2,1H3,(H,17,18)/t7?,8-,9+,10?/m1/s1. The average Bonchev–Trinajstić information content (AvgIpc) is 2.91. The second kappa shape index (κ2) is 5.34. The first-order valence-corrected chi connectivity index (χ1v) is 6.54. The number of rotatable bonds is 2. The normalized spacial score (nSPS) is 34.9. The average molecular weight is 272 g/mol. The summed E-state index contributed by atoms with van der Waals surface area (Å²) in [5, 5.41) is 28.0. The number of aliphatic hydroxyl groups excluding tert-OH is 2. The van der Waals surface area contributed by atoms with Gasteiger partial charge in [-0.1, -0.05) is 6.92 Å². The third-order valence-electron chi connectivity index (χ3n) is 4.13. The van der Waals surface area contributed by atoms with E-state index < -0.39 is 24.1 Å². The van der Waals surface area contributed by atoms with E-state index in [2.05, 4.69) is 0 Å². The summed E-state index contributed by atoms with van der Waals surface area (Å²) in [6.07, 6.45) is 0.0666. The fraction of sp³-hybridized carbons (Fsp3) is 0.833. The maximum absolute atomic E-state index is 12.4. The van der Waals surface area contributed by atoms with E-state index in [4.69, 9.17) is 5.11 Å². The SMILES string of the molecule is CC1CCN(C(=O)N2C[C@H](O)C[C@H]2C(=O)O)C1CO. The quantitative estimate of drug-likeness (QED) is 0.619. The number of nitrogens with zero attached hydrogens (tertiary/aromatic N) is 2. The van der Waals surface area contributed by atoms with Crippen LogP contribution in [0.2, 0.25) is 0 Å². The topological polar surface area (TPSA) is 101 Å². The van der Waals surface area contributed by atoms with Crippen LogP contribution < -0.4 is 0 Å². The lowest BCUT2D eigenvalue weighted by atomic mass is 10.0. The van der Waals surface area contributed by atoms with E-state index in [0.29, 0.717) is 6.54 Å². The number of hydrogen-bond acceptors (Lipinski definition) is 4. The van der Waals surface area contributed by atoms with Gasteiger partial charge in [0.15, 0.2) is 0 Å². The lowest BCUT2D eigenvalue weighted by molar-refractivity contribution is -0.141. The monoisotopic (exact) mass is 272 g/mol. The summed E-state index contributed by atoms with van der Waals surface area (Å²) < 4.78 is 0. The van der Waals surface area contributed by atoms with Gasteiger partial charge in [0.1, 0.15) is 6.04 Å². The predicted molar refractivity (Wildman–Crippen MR) is 65.5 cm³/mol. The first kappa shape index (κ1) is 14.1. The Bertz CT molecular complexity index is 375. The number of carboxylic acids is 1. The van der Waals surface area contributed by atoms with Gasteiger partial charge in [-0.2, -0.15) is 0 Å². The van der Waals surface area contributed by atoms with E-state index in [1.807, 2.05) is 6.92 Å². The summed E-state index contributed by atoms with van der Waals surface area (Å²) >= 11 is 0. The molecule has 0 spiro atoms. The summed E-state index contributed by atoms with van der Waals surface area (Å²) in [5.74, 6) is -0.901. The largest absolute Gasteiger partial charge is 0.480 e. The molecule has 2 aliphatic heterocycles. The van der Waals surface area contributed by atoms with Crippen molar-refractivity contribution in [2.24, 2.45) is 5.92 Å². The molecule has 3 N–H and O–H groups in total. The van der Waals surface area contributed by atoms with E-state index >= 15 is 0 Å². The Kier molecular flexibility index (Phi) is 3.96. The van der Waals surface area contributed by atoms with Gasteiger partial charge in [0.2, 0.25) is 0 Å². The zero-order chi connectivity index (χ0) is 14.2. The maximum Gasteiger partial charge on any atom is 0.326 e. The Morgan fingerprint density at radius 2 is 2.00 bits per heavy atom. The summed E-state index contributed by atoms with van der Waals surface area (Å²) in [4.78, 5) is 26.2. The number of likely N-dealkylation sites (tertiary alicyclic amines) is 2. The second-order valence-electron chi connectivity index (χ2n) is 5.39. The summed E-state index contributed by atoms with van der Waals surface area (Å²) in [6.45, 7) is 2.39. The van der Waals surface area contributed by atoms with Crippen LogP contribution >= 0.6 is 0 Å². The highest BCUT2D eigenvalue weighted by atomic mass is 16.4. The van der Waals surface area contributed by atoms with Gasteiger partial charge in [-0.05, 0) is 12.3 Å². The van der Waals surface area contributed by atoms with Crippen LogP contribution in [-0.2, 0) is 4.79 Å². The number of carbonyl (C=O) groups is 2. The van der Waals surface area contributed by atoms with Gasteiger partial charge >= 0.3 is 12.0 Å². The third-order valence-corrected chi connectivity index (χ3v) is 4.13. The molecule has 0 aliphatic carbocycles. The second-order valence-corrected chi connectivity index (χ2v) is 5.39. The summed E-state index contributed by atoms with van der Waals surface area (Å²) in [6, 6.07) is -1.63. The van der Waals surface area contributed by atoms with Crippen molar-refractivity contribution >= 4 is 12.0 Å². The number of carboxylic acid groups (broad SMARTS) is 1. The van der Waals surface area contributed by atoms with Crippen LogP contribution in [-0.4, -0.2) is 75.0 Å². The molecule has 7 heteroatoms. The van der Waals surface area contributed by atoms with Crippen LogP contribution in [0.5, 0.6) is 0 Å². The molecular weight excluding hydrogens is 252 g/mol. The van der Waals surface area contributed by atoms with Crippen LogP contribution in [0.25, 0.3) is 0 Å². The number of hydrogen-bond donors (Lipinski definition) is 3. The van der Waals surface area contributed by atoms with Crippen LogP contribution in [0, 0.1) is 5.92 Å². The van der Waals surface area contributed by atoms with Crippen molar-refractivity contribution in [3.05, 3.63) is 0 Å². The van der Waals surface area contributed by atoms with Gasteiger partial charge in [-0.3, -0.25) is 0 Å². The lowest BCUT2D eigenvalue weighted by Crippen LogP contribution is -2.51. The molecule has 4 atom stereocenters. The van der Waals surface area contributed by atoms with E-state index in [0.717, 1.165) is 6.42 Å². The Labute approximate surface area is 111 Å². The van der Waals surface area contributed by atoms with Crippen molar-refractivity contribution in [3.8, 4) is 0 Å². The van der Waals surface area contributed by atoms with Gasteiger partial charge in [0.05, 0.1) is 18.8 Å². The Morgan fingerprint density at radius 1 is 1.32 bits per heavy atom. The van der Waals surface area contributed by atoms with E-state index in [-0.39, 0.29) is 31.5 Å². The molecule has 0 aromatic rings. The molecule has 2 rings (SSSR count). The number of aliphatic hydroxyl groups is 2. The van der Waals surface area contributed by atoms with Gasteiger partial charge < -0.3 is 25.1 Å². The van der Waals surface area contributed by atoms with Crippen molar-refractivity contribution in [2.75, 3.05) is 19.7 Å². The molecule has 2 unspecified atom stereocenters. The minimum Gasteiger partial charge on any atom is -0.480 e. The number of urea groups is 1. The molecule has 2 amide bonds. The van der Waals surface area contributed by atoms with Crippen LogP contribution in [0.15, 0.2) is 0 Å². The zero-order valence-corrected chi connectivity index (χ0v) is 10.9. The maximum atomic E-state index is 12.4. The molecule has 0 aromatic heterocycles. The highest BCUT2D eigenvalue weighted by Crippen LogP contribution is 2.27. The predicted octanol–water partition coefficient (Wildman–Crippen LogP) is -0.671. The number of β-amino-alcohol motifs (C(OH)–C–C–N with tert-alkyl or cyclic N) is 1. The molecule has 2 aliphatic rings. The smallest absolute Gasteiger partial charge is 0.326 e.